The normalized spacial score (nSPS) is 14.1. The topological polar surface area (TPSA) is 228 Å². The zero-order chi connectivity index (χ0) is 27.3. The molecule has 9 N–H and O–H groups in total. The lowest BCUT2D eigenvalue weighted by molar-refractivity contribution is -0.143. The van der Waals surface area contributed by atoms with Gasteiger partial charge in [-0.3, -0.25) is 19.2 Å². The maximum atomic E-state index is 13.0. The number of aliphatic carboxylic acids is 2. The number of nitrogens with one attached hydrogen (secondary N) is 3. The van der Waals surface area contributed by atoms with Gasteiger partial charge in [0, 0.05) is 12.8 Å². The van der Waals surface area contributed by atoms with Gasteiger partial charge < -0.3 is 42.1 Å². The number of thioether (sulfide) groups is 1. The summed E-state index contributed by atoms with van der Waals surface area (Å²) in [6, 6.07) is 0.600. The van der Waals surface area contributed by atoms with Crippen LogP contribution in [0.1, 0.15) is 24.8 Å². The number of phenols is 1. The molecule has 0 radical (unpaired) electrons. The molecule has 0 aliphatic heterocycles. The smallest absolute Gasteiger partial charge is 0.326 e. The molecule has 14 heteroatoms. The molecule has 1 aromatic rings. The third-order valence-corrected chi connectivity index (χ3v) is 5.69. The highest BCUT2D eigenvalue weighted by Crippen LogP contribution is 2.12. The molecular formula is C22H32N4O9S. The Morgan fingerprint density at radius 1 is 0.889 bits per heavy atom. The van der Waals surface area contributed by atoms with Crippen molar-refractivity contribution >= 4 is 41.4 Å². The SMILES string of the molecule is CSCCC(NC(=O)C(N)CO)C(=O)NC(Cc1ccc(O)cc1)C(=O)NC(CCC(=O)O)C(=O)O. The van der Waals surface area contributed by atoms with Crippen LogP contribution in [0.5, 0.6) is 5.75 Å². The van der Waals surface area contributed by atoms with Gasteiger partial charge in [-0.2, -0.15) is 11.8 Å². The van der Waals surface area contributed by atoms with Crippen molar-refractivity contribution < 1.29 is 44.4 Å². The van der Waals surface area contributed by atoms with Crippen LogP contribution in [0.3, 0.4) is 0 Å². The average Bonchev–Trinajstić information content (AvgIpc) is 2.83. The van der Waals surface area contributed by atoms with E-state index in [-0.39, 0.29) is 25.0 Å². The van der Waals surface area contributed by atoms with Gasteiger partial charge in [0.25, 0.3) is 0 Å². The summed E-state index contributed by atoms with van der Waals surface area (Å²) in [5.41, 5.74) is 6.04. The molecular weight excluding hydrogens is 496 g/mol. The summed E-state index contributed by atoms with van der Waals surface area (Å²) in [5, 5.41) is 44.0. The molecule has 0 aromatic heterocycles. The van der Waals surface area contributed by atoms with Gasteiger partial charge in [0.1, 0.15) is 29.9 Å². The second-order valence-electron chi connectivity index (χ2n) is 7.90. The molecule has 4 atom stereocenters. The second-order valence-corrected chi connectivity index (χ2v) is 8.88. The van der Waals surface area contributed by atoms with E-state index in [1.54, 1.807) is 6.26 Å². The van der Waals surface area contributed by atoms with Gasteiger partial charge in [-0.1, -0.05) is 12.1 Å². The molecule has 1 rings (SSSR count). The van der Waals surface area contributed by atoms with Crippen LogP contribution >= 0.6 is 11.8 Å². The fourth-order valence-corrected chi connectivity index (χ4v) is 3.48. The standard InChI is InChI=1S/C22H32N4O9S/c1-36-9-8-15(24-19(31)14(23)11-27)20(32)26-17(10-12-2-4-13(28)5-3-12)21(33)25-16(22(34)35)6-7-18(29)30/h2-5,14-17,27-28H,6-11,23H2,1H3,(H,24,31)(H,25,33)(H,26,32)(H,29,30)(H,34,35). The number of nitrogens with two attached hydrogens (primary N) is 1. The Morgan fingerprint density at radius 3 is 1.97 bits per heavy atom. The number of hydrogen-bond donors (Lipinski definition) is 8. The van der Waals surface area contributed by atoms with E-state index in [0.29, 0.717) is 11.3 Å². The first-order chi connectivity index (χ1) is 17.0. The molecule has 200 valence electrons. The third kappa shape index (κ3) is 10.9. The van der Waals surface area contributed by atoms with E-state index in [1.165, 1.54) is 36.0 Å². The fraction of sp³-hybridized carbons (Fsp3) is 0.500. The molecule has 0 aliphatic carbocycles. The van der Waals surface area contributed by atoms with E-state index < -0.39 is 66.9 Å². The highest BCUT2D eigenvalue weighted by molar-refractivity contribution is 7.98. The van der Waals surface area contributed by atoms with Crippen molar-refractivity contribution in [3.8, 4) is 5.75 Å². The Labute approximate surface area is 211 Å². The lowest BCUT2D eigenvalue weighted by atomic mass is 10.0. The number of phenolic OH excluding ortho intramolecular Hbond substituents is 1. The molecule has 1 aromatic carbocycles. The molecule has 3 amide bonds. The van der Waals surface area contributed by atoms with Crippen molar-refractivity contribution in [3.63, 3.8) is 0 Å². The number of aliphatic hydroxyl groups excluding tert-OH is 1. The second kappa shape index (κ2) is 15.6. The molecule has 13 nitrogen and oxygen atoms in total. The van der Waals surface area contributed by atoms with Crippen molar-refractivity contribution in [2.45, 2.75) is 49.9 Å². The Bertz CT molecular complexity index is 913. The van der Waals surface area contributed by atoms with Crippen LogP contribution in [0.2, 0.25) is 0 Å². The fourth-order valence-electron chi connectivity index (χ4n) is 3.01. The zero-order valence-electron chi connectivity index (χ0n) is 19.7. The minimum atomic E-state index is -1.51. The van der Waals surface area contributed by atoms with Crippen LogP contribution in [-0.4, -0.2) is 92.9 Å². The number of carboxylic acid groups (broad SMARTS) is 2. The summed E-state index contributed by atoms with van der Waals surface area (Å²) in [4.78, 5) is 60.5. The van der Waals surface area contributed by atoms with E-state index in [4.69, 9.17) is 15.9 Å². The molecule has 0 spiro atoms. The number of carbonyl (C=O) groups is 5. The van der Waals surface area contributed by atoms with Gasteiger partial charge in [-0.15, -0.1) is 0 Å². The maximum absolute atomic E-state index is 13.0. The summed E-state index contributed by atoms with van der Waals surface area (Å²) in [6.45, 7) is -0.637. The van der Waals surface area contributed by atoms with Crippen LogP contribution < -0.4 is 21.7 Å². The Morgan fingerprint density at radius 2 is 1.44 bits per heavy atom. The zero-order valence-corrected chi connectivity index (χ0v) is 20.5. The predicted octanol–water partition coefficient (Wildman–Crippen LogP) is -1.59. The van der Waals surface area contributed by atoms with Gasteiger partial charge in [0.05, 0.1) is 6.61 Å². The Kier molecular flexibility index (Phi) is 13.3. The molecule has 0 saturated heterocycles. The van der Waals surface area contributed by atoms with Gasteiger partial charge in [0.15, 0.2) is 0 Å². The Balaban J connectivity index is 3.13. The molecule has 0 aliphatic rings. The van der Waals surface area contributed by atoms with E-state index in [2.05, 4.69) is 16.0 Å². The first-order valence-electron chi connectivity index (χ1n) is 11.0. The summed E-state index contributed by atoms with van der Waals surface area (Å²) in [6.07, 6.45) is 1.01. The average molecular weight is 529 g/mol. The molecule has 36 heavy (non-hydrogen) atoms. The maximum Gasteiger partial charge on any atom is 0.326 e. The van der Waals surface area contributed by atoms with Crippen LogP contribution in [-0.2, 0) is 30.4 Å². The van der Waals surface area contributed by atoms with Gasteiger partial charge >= 0.3 is 11.9 Å². The van der Waals surface area contributed by atoms with E-state index in [9.17, 15) is 34.2 Å². The Hall–Kier alpha value is -3.36. The van der Waals surface area contributed by atoms with Gasteiger partial charge in [-0.05, 0) is 42.5 Å². The number of rotatable bonds is 16. The number of hydrogen-bond acceptors (Lipinski definition) is 9. The highest BCUT2D eigenvalue weighted by atomic mass is 32.2. The lowest BCUT2D eigenvalue weighted by Crippen LogP contribution is -2.58. The van der Waals surface area contributed by atoms with Crippen molar-refractivity contribution in [1.29, 1.82) is 0 Å². The van der Waals surface area contributed by atoms with Crippen LogP contribution in [0.4, 0.5) is 0 Å². The predicted molar refractivity (Wildman–Crippen MR) is 130 cm³/mol. The summed E-state index contributed by atoms with van der Waals surface area (Å²) in [7, 11) is 0. The van der Waals surface area contributed by atoms with Crippen LogP contribution in [0.15, 0.2) is 24.3 Å². The minimum absolute atomic E-state index is 0.0246. The molecule has 0 bridgehead atoms. The lowest BCUT2D eigenvalue weighted by Gasteiger charge is -2.25. The quantitative estimate of drug-likeness (QED) is 0.122. The van der Waals surface area contributed by atoms with Crippen LogP contribution in [0, 0.1) is 0 Å². The van der Waals surface area contributed by atoms with E-state index in [0.717, 1.165) is 0 Å². The number of aromatic hydroxyl groups is 1. The molecule has 0 fully saturated rings. The molecule has 4 unspecified atom stereocenters. The first-order valence-corrected chi connectivity index (χ1v) is 12.4. The minimum Gasteiger partial charge on any atom is -0.508 e. The number of carbonyl (C=O) groups excluding carboxylic acids is 3. The number of benzene rings is 1. The third-order valence-electron chi connectivity index (χ3n) is 5.05. The van der Waals surface area contributed by atoms with E-state index >= 15 is 0 Å². The van der Waals surface area contributed by atoms with Crippen molar-refractivity contribution in [2.24, 2.45) is 5.73 Å². The number of aliphatic hydroxyl groups is 1. The van der Waals surface area contributed by atoms with Crippen molar-refractivity contribution in [1.82, 2.24) is 16.0 Å². The van der Waals surface area contributed by atoms with Crippen molar-refractivity contribution in [3.05, 3.63) is 29.8 Å². The molecule has 0 saturated carbocycles. The number of amides is 3. The van der Waals surface area contributed by atoms with E-state index in [1.807, 2.05) is 0 Å². The largest absolute Gasteiger partial charge is 0.508 e. The number of carboxylic acids is 2. The van der Waals surface area contributed by atoms with Gasteiger partial charge in [-0.25, -0.2) is 4.79 Å². The van der Waals surface area contributed by atoms with Gasteiger partial charge in [0.2, 0.25) is 17.7 Å². The summed E-state index contributed by atoms with van der Waals surface area (Å²) >= 11 is 1.41. The summed E-state index contributed by atoms with van der Waals surface area (Å²) in [5.74, 6) is -4.62. The van der Waals surface area contributed by atoms with Crippen molar-refractivity contribution in [2.75, 3.05) is 18.6 Å². The molecule has 0 heterocycles. The van der Waals surface area contributed by atoms with Crippen LogP contribution in [0.25, 0.3) is 0 Å². The highest BCUT2D eigenvalue weighted by Gasteiger charge is 2.30. The first kappa shape index (κ1) is 30.7. The monoisotopic (exact) mass is 528 g/mol. The summed E-state index contributed by atoms with van der Waals surface area (Å²) < 4.78 is 0.